The van der Waals surface area contributed by atoms with Crippen molar-refractivity contribution < 1.29 is 9.18 Å². The number of carbonyl (C=O) groups is 1. The Labute approximate surface area is 115 Å². The molecule has 0 spiro atoms. The Hall–Kier alpha value is -1.26. The van der Waals surface area contributed by atoms with E-state index in [1.165, 1.54) is 12.1 Å². The highest BCUT2D eigenvalue weighted by Gasteiger charge is 2.17. The summed E-state index contributed by atoms with van der Waals surface area (Å²) < 4.78 is 13.1. The maximum absolute atomic E-state index is 13.1. The molecule has 0 radical (unpaired) electrons. The van der Waals surface area contributed by atoms with Gasteiger partial charge in [0.25, 0.3) is 0 Å². The molecular formula is C15H23FN2O. The number of nitrogens with zero attached hydrogens (tertiary/aromatic N) is 2. The molecule has 0 N–H and O–H groups in total. The molecular weight excluding hydrogens is 243 g/mol. The molecule has 1 atom stereocenters. The molecule has 0 aliphatic carbocycles. The van der Waals surface area contributed by atoms with Crippen LogP contribution in [0.2, 0.25) is 0 Å². The van der Waals surface area contributed by atoms with Gasteiger partial charge in [-0.15, -0.1) is 0 Å². The summed E-state index contributed by atoms with van der Waals surface area (Å²) >= 11 is 0. The fourth-order valence-corrected chi connectivity index (χ4v) is 2.16. The second-order valence-corrected chi connectivity index (χ2v) is 5.11. The van der Waals surface area contributed by atoms with Crippen LogP contribution in [-0.2, 0) is 0 Å². The van der Waals surface area contributed by atoms with Gasteiger partial charge in [0.15, 0.2) is 5.78 Å². The van der Waals surface area contributed by atoms with Crippen molar-refractivity contribution in [3.63, 3.8) is 0 Å². The van der Waals surface area contributed by atoms with E-state index < -0.39 is 0 Å². The summed E-state index contributed by atoms with van der Waals surface area (Å²) in [5, 5.41) is 0. The molecule has 0 aliphatic rings. The third-order valence-corrected chi connectivity index (χ3v) is 3.15. The zero-order valence-corrected chi connectivity index (χ0v) is 12.2. The van der Waals surface area contributed by atoms with E-state index in [4.69, 9.17) is 0 Å². The zero-order valence-electron chi connectivity index (χ0n) is 12.2. The van der Waals surface area contributed by atoms with Gasteiger partial charge in [0.05, 0.1) is 6.54 Å². The number of ketones is 1. The van der Waals surface area contributed by atoms with Crippen molar-refractivity contribution in [1.82, 2.24) is 9.80 Å². The highest BCUT2D eigenvalue weighted by Crippen LogP contribution is 2.07. The normalized spacial score (nSPS) is 13.0. The molecule has 1 aromatic carbocycles. The molecule has 106 valence electrons. The molecule has 0 bridgehead atoms. The number of carbonyl (C=O) groups excluding carboxylic acids is 1. The van der Waals surface area contributed by atoms with E-state index in [1.54, 1.807) is 12.1 Å². The molecule has 1 aromatic rings. The van der Waals surface area contributed by atoms with Crippen LogP contribution in [0.25, 0.3) is 0 Å². The molecule has 3 nitrogen and oxygen atoms in total. The Kier molecular flexibility index (Phi) is 6.12. The molecule has 0 fully saturated rings. The van der Waals surface area contributed by atoms with Gasteiger partial charge >= 0.3 is 0 Å². The van der Waals surface area contributed by atoms with E-state index in [0.29, 0.717) is 12.1 Å². The fraction of sp³-hybridized carbons (Fsp3) is 0.533. The third kappa shape index (κ3) is 5.09. The van der Waals surface area contributed by atoms with E-state index in [2.05, 4.69) is 16.7 Å². The van der Waals surface area contributed by atoms with Crippen molar-refractivity contribution in [3.05, 3.63) is 35.6 Å². The van der Waals surface area contributed by atoms with Crippen molar-refractivity contribution in [1.29, 1.82) is 0 Å². The lowest BCUT2D eigenvalue weighted by atomic mass is 10.1. The molecule has 1 rings (SSSR count). The van der Waals surface area contributed by atoms with Crippen LogP contribution < -0.4 is 0 Å². The largest absolute Gasteiger partial charge is 0.308 e. The first-order chi connectivity index (χ1) is 8.93. The lowest BCUT2D eigenvalue weighted by molar-refractivity contribution is 0.0888. The quantitative estimate of drug-likeness (QED) is 0.707. The van der Waals surface area contributed by atoms with Gasteiger partial charge in [-0.25, -0.2) is 4.39 Å². The van der Waals surface area contributed by atoms with Gasteiger partial charge in [0.2, 0.25) is 0 Å². The molecule has 19 heavy (non-hydrogen) atoms. The van der Waals surface area contributed by atoms with Gasteiger partial charge < -0.3 is 4.90 Å². The van der Waals surface area contributed by atoms with Crippen LogP contribution in [0.1, 0.15) is 24.2 Å². The molecule has 0 aromatic heterocycles. The van der Waals surface area contributed by atoms with Gasteiger partial charge in [-0.05, 0) is 39.7 Å². The van der Waals surface area contributed by atoms with E-state index in [0.717, 1.165) is 13.1 Å². The minimum atomic E-state index is -0.366. The molecule has 0 heterocycles. The van der Waals surface area contributed by atoms with Gasteiger partial charge in [0, 0.05) is 18.2 Å². The smallest absolute Gasteiger partial charge is 0.176 e. The van der Waals surface area contributed by atoms with Crippen LogP contribution in [0, 0.1) is 5.82 Å². The molecule has 4 heteroatoms. The van der Waals surface area contributed by atoms with Crippen molar-refractivity contribution in [2.24, 2.45) is 0 Å². The number of rotatable bonds is 7. The topological polar surface area (TPSA) is 23.6 Å². The maximum atomic E-state index is 13.1. The van der Waals surface area contributed by atoms with E-state index in [9.17, 15) is 9.18 Å². The van der Waals surface area contributed by atoms with Gasteiger partial charge in [-0.3, -0.25) is 9.69 Å². The minimum Gasteiger partial charge on any atom is -0.308 e. The minimum absolute atomic E-state index is 0.0352. The average molecular weight is 266 g/mol. The Morgan fingerprint density at radius 3 is 2.58 bits per heavy atom. The molecule has 0 amide bonds. The predicted octanol–water partition coefficient (Wildman–Crippen LogP) is 2.28. The SMILES string of the molecule is CCN(CC(=O)c1cccc(F)c1)C(C)CN(C)C. The third-order valence-electron chi connectivity index (χ3n) is 3.15. The van der Waals surface area contributed by atoms with Crippen LogP contribution in [-0.4, -0.2) is 55.4 Å². The summed E-state index contributed by atoms with van der Waals surface area (Å²) in [6.07, 6.45) is 0. The number of hydrogen-bond donors (Lipinski definition) is 0. The van der Waals surface area contributed by atoms with Gasteiger partial charge in [-0.1, -0.05) is 19.1 Å². The maximum Gasteiger partial charge on any atom is 0.176 e. The van der Waals surface area contributed by atoms with Crippen molar-refractivity contribution in [3.8, 4) is 0 Å². The molecule has 0 saturated carbocycles. The lowest BCUT2D eigenvalue weighted by Gasteiger charge is -2.29. The first-order valence-electron chi connectivity index (χ1n) is 6.61. The summed E-state index contributed by atoms with van der Waals surface area (Å²) in [6, 6.07) is 6.17. The van der Waals surface area contributed by atoms with Crippen molar-refractivity contribution in [2.45, 2.75) is 19.9 Å². The number of Topliss-reactive ketones (excluding diaryl/α,β-unsaturated/α-hetero) is 1. The second kappa shape index (κ2) is 7.36. The van der Waals surface area contributed by atoms with Crippen LogP contribution in [0.5, 0.6) is 0 Å². The Balaban J connectivity index is 2.68. The van der Waals surface area contributed by atoms with E-state index in [1.807, 2.05) is 21.0 Å². The molecule has 0 aliphatic heterocycles. The van der Waals surface area contributed by atoms with Crippen LogP contribution in [0.3, 0.4) is 0 Å². The van der Waals surface area contributed by atoms with Crippen LogP contribution in [0.15, 0.2) is 24.3 Å². The summed E-state index contributed by atoms with van der Waals surface area (Å²) in [4.78, 5) is 16.3. The molecule has 1 unspecified atom stereocenters. The Morgan fingerprint density at radius 2 is 2.05 bits per heavy atom. The zero-order chi connectivity index (χ0) is 14.4. The first-order valence-corrected chi connectivity index (χ1v) is 6.61. The summed E-state index contributed by atoms with van der Waals surface area (Å²) in [6.45, 7) is 6.16. The second-order valence-electron chi connectivity index (χ2n) is 5.11. The van der Waals surface area contributed by atoms with Crippen molar-refractivity contribution >= 4 is 5.78 Å². The van der Waals surface area contributed by atoms with Gasteiger partial charge in [0.1, 0.15) is 5.82 Å². The van der Waals surface area contributed by atoms with E-state index >= 15 is 0 Å². The number of halogens is 1. The number of benzene rings is 1. The van der Waals surface area contributed by atoms with E-state index in [-0.39, 0.29) is 17.6 Å². The van der Waals surface area contributed by atoms with Crippen molar-refractivity contribution in [2.75, 3.05) is 33.7 Å². The van der Waals surface area contributed by atoms with Crippen LogP contribution in [0.4, 0.5) is 4.39 Å². The number of likely N-dealkylation sites (N-methyl/N-ethyl adjacent to an activating group) is 2. The Bertz CT molecular complexity index is 420. The first kappa shape index (κ1) is 15.8. The summed E-state index contributed by atoms with van der Waals surface area (Å²) in [5.41, 5.74) is 0.440. The standard InChI is InChI=1S/C15H23FN2O/c1-5-18(12(2)10-17(3)4)11-15(19)13-7-6-8-14(16)9-13/h6-9,12H,5,10-11H2,1-4H3. The highest BCUT2D eigenvalue weighted by atomic mass is 19.1. The van der Waals surface area contributed by atoms with Gasteiger partial charge in [-0.2, -0.15) is 0 Å². The highest BCUT2D eigenvalue weighted by molar-refractivity contribution is 5.97. The lowest BCUT2D eigenvalue weighted by Crippen LogP contribution is -2.42. The average Bonchev–Trinajstić information content (AvgIpc) is 2.34. The summed E-state index contributed by atoms with van der Waals surface area (Å²) in [7, 11) is 4.03. The monoisotopic (exact) mass is 266 g/mol. The predicted molar refractivity (Wildman–Crippen MR) is 76.0 cm³/mol. The van der Waals surface area contributed by atoms with Crippen LogP contribution >= 0.6 is 0 Å². The number of hydrogen-bond acceptors (Lipinski definition) is 3. The summed E-state index contributed by atoms with van der Waals surface area (Å²) in [5.74, 6) is -0.401. The molecule has 0 saturated heterocycles. The fourth-order valence-electron chi connectivity index (χ4n) is 2.16. The Morgan fingerprint density at radius 1 is 1.37 bits per heavy atom.